The van der Waals surface area contributed by atoms with Gasteiger partial charge in [-0.1, -0.05) is 20.3 Å². The monoisotopic (exact) mass is 266 g/mol. The van der Waals surface area contributed by atoms with Crippen LogP contribution in [-0.4, -0.2) is 33.7 Å². The van der Waals surface area contributed by atoms with E-state index in [9.17, 15) is 4.79 Å². The lowest BCUT2D eigenvalue weighted by atomic mass is 10.1. The average molecular weight is 266 g/mol. The van der Waals surface area contributed by atoms with Crippen LogP contribution in [0.4, 0.5) is 5.69 Å². The van der Waals surface area contributed by atoms with E-state index < -0.39 is 0 Å². The lowest BCUT2D eigenvalue weighted by Gasteiger charge is -2.24. The molecule has 5 nitrogen and oxygen atoms in total. The van der Waals surface area contributed by atoms with E-state index >= 15 is 0 Å². The van der Waals surface area contributed by atoms with E-state index in [0.29, 0.717) is 30.4 Å². The van der Waals surface area contributed by atoms with Gasteiger partial charge in [0.2, 0.25) is 0 Å². The zero-order valence-electron chi connectivity index (χ0n) is 12.7. The first-order chi connectivity index (χ1) is 8.96. The second-order valence-corrected chi connectivity index (χ2v) is 5.02. The topological polar surface area (TPSA) is 64.2 Å². The second-order valence-electron chi connectivity index (χ2n) is 5.02. The second kappa shape index (κ2) is 6.59. The molecular formula is C14H26N4O. The molecule has 19 heavy (non-hydrogen) atoms. The Kier molecular flexibility index (Phi) is 5.39. The maximum atomic E-state index is 12.6. The highest BCUT2D eigenvalue weighted by Gasteiger charge is 2.24. The summed E-state index contributed by atoms with van der Waals surface area (Å²) in [5.74, 6) is 0.479. The Morgan fingerprint density at radius 2 is 2.05 bits per heavy atom. The zero-order valence-corrected chi connectivity index (χ0v) is 12.7. The Labute approximate surface area is 115 Å². The number of aromatic nitrogens is 2. The smallest absolute Gasteiger partial charge is 0.274 e. The molecule has 1 aromatic rings. The van der Waals surface area contributed by atoms with E-state index in [1.54, 1.807) is 4.68 Å². The number of amides is 1. The summed E-state index contributed by atoms with van der Waals surface area (Å²) in [5, 5.41) is 4.31. The average Bonchev–Trinajstić information content (AvgIpc) is 2.70. The molecular weight excluding hydrogens is 240 g/mol. The van der Waals surface area contributed by atoms with Gasteiger partial charge < -0.3 is 10.6 Å². The fourth-order valence-electron chi connectivity index (χ4n) is 2.06. The number of carbonyl (C=O) groups excluding carboxylic acids is 1. The molecule has 0 radical (unpaired) electrons. The third-order valence-electron chi connectivity index (χ3n) is 3.57. The molecule has 0 saturated heterocycles. The van der Waals surface area contributed by atoms with Crippen molar-refractivity contribution in [2.75, 3.05) is 18.8 Å². The third kappa shape index (κ3) is 3.28. The number of nitrogens with two attached hydrogens (primary N) is 1. The van der Waals surface area contributed by atoms with Crippen molar-refractivity contribution in [3.63, 3.8) is 0 Å². The van der Waals surface area contributed by atoms with Gasteiger partial charge in [-0.2, -0.15) is 5.10 Å². The van der Waals surface area contributed by atoms with Gasteiger partial charge in [-0.3, -0.25) is 9.48 Å². The summed E-state index contributed by atoms with van der Waals surface area (Å²) < 4.78 is 1.70. The van der Waals surface area contributed by atoms with E-state index in [1.165, 1.54) is 0 Å². The van der Waals surface area contributed by atoms with Crippen molar-refractivity contribution < 1.29 is 4.79 Å². The summed E-state index contributed by atoms with van der Waals surface area (Å²) in [6, 6.07) is 0. The van der Waals surface area contributed by atoms with Crippen molar-refractivity contribution >= 4 is 11.6 Å². The van der Waals surface area contributed by atoms with Crippen LogP contribution in [0.1, 0.15) is 50.3 Å². The van der Waals surface area contributed by atoms with E-state index in [1.807, 2.05) is 25.7 Å². The van der Waals surface area contributed by atoms with Crippen LogP contribution in [0.3, 0.4) is 0 Å². The Morgan fingerprint density at radius 3 is 2.53 bits per heavy atom. The predicted molar refractivity (Wildman–Crippen MR) is 78.1 cm³/mol. The summed E-state index contributed by atoms with van der Waals surface area (Å²) in [6.07, 6.45) is 1.06. The molecule has 0 aromatic carbocycles. The van der Waals surface area contributed by atoms with Crippen LogP contribution in [0, 0.1) is 12.8 Å². The first-order valence-electron chi connectivity index (χ1n) is 7.08. The van der Waals surface area contributed by atoms with E-state index in [2.05, 4.69) is 18.9 Å². The normalized spacial score (nSPS) is 12.5. The van der Waals surface area contributed by atoms with Gasteiger partial charge in [-0.05, 0) is 26.7 Å². The van der Waals surface area contributed by atoms with Crippen molar-refractivity contribution in [3.05, 3.63) is 11.4 Å². The molecule has 1 heterocycles. The highest BCUT2D eigenvalue weighted by atomic mass is 16.2. The minimum atomic E-state index is -0.0113. The largest absolute Gasteiger partial charge is 0.395 e. The summed E-state index contributed by atoms with van der Waals surface area (Å²) in [4.78, 5) is 14.5. The zero-order chi connectivity index (χ0) is 14.6. The van der Waals surface area contributed by atoms with Crippen molar-refractivity contribution in [3.8, 4) is 0 Å². The number of rotatable bonds is 6. The molecule has 0 spiro atoms. The molecule has 2 N–H and O–H groups in total. The number of carbonyl (C=O) groups is 1. The molecule has 0 aliphatic carbocycles. The highest BCUT2D eigenvalue weighted by molar-refractivity contribution is 5.98. The minimum absolute atomic E-state index is 0.0113. The number of nitrogens with zero attached hydrogens (tertiary/aromatic N) is 3. The van der Waals surface area contributed by atoms with E-state index in [0.717, 1.165) is 18.7 Å². The fraction of sp³-hybridized carbons (Fsp3) is 0.714. The maximum absolute atomic E-state index is 12.6. The van der Waals surface area contributed by atoms with Gasteiger partial charge in [0.1, 0.15) is 5.69 Å². The molecule has 0 aliphatic heterocycles. The minimum Gasteiger partial charge on any atom is -0.395 e. The lowest BCUT2D eigenvalue weighted by Crippen LogP contribution is -2.36. The number of hydrogen-bond acceptors (Lipinski definition) is 3. The Bertz CT molecular complexity index is 439. The first-order valence-corrected chi connectivity index (χ1v) is 7.08. The van der Waals surface area contributed by atoms with Crippen molar-refractivity contribution in [2.24, 2.45) is 5.92 Å². The number of hydrogen-bond donors (Lipinski definition) is 1. The summed E-state index contributed by atoms with van der Waals surface area (Å²) in [5.41, 5.74) is 7.77. The van der Waals surface area contributed by atoms with Gasteiger partial charge in [0.05, 0.1) is 11.4 Å². The van der Waals surface area contributed by atoms with Crippen molar-refractivity contribution in [1.29, 1.82) is 0 Å². The SMILES string of the molecule is CCC(C)CN(CC)C(=O)c1c(N)c(C)nn1CC. The Morgan fingerprint density at radius 1 is 1.42 bits per heavy atom. The number of anilines is 1. The van der Waals surface area contributed by atoms with Gasteiger partial charge in [0.25, 0.3) is 5.91 Å². The Balaban J connectivity index is 3.03. The van der Waals surface area contributed by atoms with E-state index in [4.69, 9.17) is 5.73 Å². The van der Waals surface area contributed by atoms with Gasteiger partial charge in [-0.15, -0.1) is 0 Å². The van der Waals surface area contributed by atoms with Gasteiger partial charge in [0, 0.05) is 19.6 Å². The molecule has 1 unspecified atom stereocenters. The molecule has 1 aromatic heterocycles. The number of aryl methyl sites for hydroxylation is 2. The summed E-state index contributed by atoms with van der Waals surface area (Å²) in [7, 11) is 0. The maximum Gasteiger partial charge on any atom is 0.274 e. The van der Waals surface area contributed by atoms with Gasteiger partial charge >= 0.3 is 0 Å². The van der Waals surface area contributed by atoms with Gasteiger partial charge in [0.15, 0.2) is 0 Å². The first kappa shape index (κ1) is 15.5. The molecule has 0 bridgehead atoms. The fourth-order valence-corrected chi connectivity index (χ4v) is 2.06. The summed E-state index contributed by atoms with van der Waals surface area (Å²) in [6.45, 7) is 12.2. The quantitative estimate of drug-likeness (QED) is 0.859. The lowest BCUT2D eigenvalue weighted by molar-refractivity contribution is 0.0729. The highest BCUT2D eigenvalue weighted by Crippen LogP contribution is 2.19. The summed E-state index contributed by atoms with van der Waals surface area (Å²) >= 11 is 0. The van der Waals surface area contributed by atoms with E-state index in [-0.39, 0.29) is 5.91 Å². The molecule has 1 atom stereocenters. The molecule has 0 aliphatic rings. The van der Waals surface area contributed by atoms with Crippen LogP contribution in [-0.2, 0) is 6.54 Å². The number of nitrogen functional groups attached to an aromatic ring is 1. The molecule has 108 valence electrons. The van der Waals surface area contributed by atoms with Crippen LogP contribution in [0.15, 0.2) is 0 Å². The van der Waals surface area contributed by atoms with Crippen LogP contribution in [0.5, 0.6) is 0 Å². The molecule has 0 saturated carbocycles. The van der Waals surface area contributed by atoms with Crippen LogP contribution < -0.4 is 5.73 Å². The molecule has 0 fully saturated rings. The molecule has 5 heteroatoms. The van der Waals surface area contributed by atoms with Crippen LogP contribution >= 0.6 is 0 Å². The third-order valence-corrected chi connectivity index (χ3v) is 3.57. The van der Waals surface area contributed by atoms with Crippen LogP contribution in [0.25, 0.3) is 0 Å². The predicted octanol–water partition coefficient (Wildman–Crippen LogP) is 2.30. The van der Waals surface area contributed by atoms with Gasteiger partial charge in [-0.25, -0.2) is 0 Å². The van der Waals surface area contributed by atoms with Crippen molar-refractivity contribution in [2.45, 2.75) is 47.6 Å². The van der Waals surface area contributed by atoms with Crippen LogP contribution in [0.2, 0.25) is 0 Å². The Hall–Kier alpha value is -1.52. The standard InChI is InChI=1S/C14H26N4O/c1-6-10(4)9-17(7-2)14(19)13-12(15)11(5)16-18(13)8-3/h10H,6-9,15H2,1-5H3. The molecule has 1 rings (SSSR count). The molecule has 1 amide bonds. The van der Waals surface area contributed by atoms with Crippen molar-refractivity contribution in [1.82, 2.24) is 14.7 Å².